The molecule has 2 aromatic heterocycles. The van der Waals surface area contributed by atoms with Gasteiger partial charge in [-0.1, -0.05) is 0 Å². The first-order valence-electron chi connectivity index (χ1n) is 10.5. The molecule has 2 N–H and O–H groups in total. The summed E-state index contributed by atoms with van der Waals surface area (Å²) in [6, 6.07) is 12.4. The molecule has 4 rings (SSSR count). The van der Waals surface area contributed by atoms with Gasteiger partial charge in [0, 0.05) is 35.2 Å². The number of ether oxygens (including phenoxy) is 2. The van der Waals surface area contributed by atoms with E-state index in [1.807, 2.05) is 32.0 Å². The zero-order chi connectivity index (χ0) is 24.3. The van der Waals surface area contributed by atoms with Crippen LogP contribution >= 0.6 is 0 Å². The molecule has 0 fully saturated rings. The fraction of sp³-hybridized carbons (Fsp3) is 0.240. The number of fused-ring (bicyclic) bond motifs is 1. The second-order valence-electron chi connectivity index (χ2n) is 8.37. The van der Waals surface area contributed by atoms with E-state index in [1.54, 1.807) is 37.6 Å². The van der Waals surface area contributed by atoms with Gasteiger partial charge < -0.3 is 28.9 Å². The van der Waals surface area contributed by atoms with Crippen LogP contribution in [0.3, 0.4) is 0 Å². The van der Waals surface area contributed by atoms with Gasteiger partial charge in [0.15, 0.2) is 12.2 Å². The summed E-state index contributed by atoms with van der Waals surface area (Å²) in [5, 5.41) is 6.29. The van der Waals surface area contributed by atoms with E-state index in [2.05, 4.69) is 15.6 Å². The fourth-order valence-corrected chi connectivity index (χ4v) is 3.63. The van der Waals surface area contributed by atoms with E-state index in [4.69, 9.17) is 18.3 Å². The maximum absolute atomic E-state index is 12.6. The summed E-state index contributed by atoms with van der Waals surface area (Å²) in [4.78, 5) is 29.0. The highest BCUT2D eigenvalue weighted by atomic mass is 16.5. The quantitative estimate of drug-likeness (QED) is 0.395. The minimum Gasteiger partial charge on any atom is -0.497 e. The van der Waals surface area contributed by atoms with Crippen LogP contribution in [0.2, 0.25) is 0 Å². The normalized spacial score (nSPS) is 11.3. The van der Waals surface area contributed by atoms with Crippen molar-refractivity contribution < 1.29 is 27.9 Å². The molecule has 9 heteroatoms. The van der Waals surface area contributed by atoms with E-state index < -0.39 is 17.4 Å². The van der Waals surface area contributed by atoms with Gasteiger partial charge in [0.25, 0.3) is 0 Å². The molecule has 0 aliphatic heterocycles. The van der Waals surface area contributed by atoms with Gasteiger partial charge in [-0.15, -0.1) is 0 Å². The van der Waals surface area contributed by atoms with Gasteiger partial charge in [-0.25, -0.2) is 4.98 Å². The van der Waals surface area contributed by atoms with Crippen LogP contribution in [0, 0.1) is 0 Å². The van der Waals surface area contributed by atoms with Gasteiger partial charge in [0.1, 0.15) is 22.8 Å². The average molecular weight is 463 g/mol. The lowest BCUT2D eigenvalue weighted by Crippen LogP contribution is -2.49. The van der Waals surface area contributed by atoms with Crippen LogP contribution in [-0.4, -0.2) is 36.6 Å². The number of nitrogens with zero attached hydrogens (tertiary/aromatic N) is 1. The molecule has 0 saturated carbocycles. The van der Waals surface area contributed by atoms with E-state index in [0.717, 1.165) is 5.39 Å². The molecule has 0 atom stereocenters. The molecule has 2 heterocycles. The summed E-state index contributed by atoms with van der Waals surface area (Å²) < 4.78 is 21.8. The highest BCUT2D eigenvalue weighted by Crippen LogP contribution is 2.32. The highest BCUT2D eigenvalue weighted by Gasteiger charge is 2.26. The predicted molar refractivity (Wildman–Crippen MR) is 126 cm³/mol. The van der Waals surface area contributed by atoms with E-state index in [-0.39, 0.29) is 0 Å². The maximum Gasteiger partial charge on any atom is 0.313 e. The summed E-state index contributed by atoms with van der Waals surface area (Å²) in [7, 11) is 3.10. The molecule has 0 spiro atoms. The molecule has 9 nitrogen and oxygen atoms in total. The number of rotatable bonds is 7. The Balaban J connectivity index is 1.41. The lowest BCUT2D eigenvalue weighted by Gasteiger charge is -2.24. The number of amides is 2. The third kappa shape index (κ3) is 5.03. The predicted octanol–water partition coefficient (Wildman–Crippen LogP) is 4.18. The Labute approximate surface area is 196 Å². The van der Waals surface area contributed by atoms with E-state index in [9.17, 15) is 9.59 Å². The minimum atomic E-state index is -0.795. The number of benzene rings is 2. The summed E-state index contributed by atoms with van der Waals surface area (Å²) in [6.45, 7) is 3.64. The van der Waals surface area contributed by atoms with Crippen LogP contribution in [0.15, 0.2) is 63.9 Å². The number of oxazole rings is 1. The summed E-state index contributed by atoms with van der Waals surface area (Å²) in [5.41, 5.74) is 1.04. The molecule has 34 heavy (non-hydrogen) atoms. The lowest BCUT2D eigenvalue weighted by atomic mass is 9.98. The Morgan fingerprint density at radius 1 is 1.03 bits per heavy atom. The third-order valence-electron chi connectivity index (χ3n) is 5.21. The average Bonchev–Trinajstić information content (AvgIpc) is 3.47. The standard InChI is InChI=1S/C25H25N3O6/c1-25(2,12-18-9-15-5-7-17(31-3)11-20(15)34-18)28-24(30)23(29)27-16-6-8-19(21(10-16)32-4)22-13-26-14-33-22/h5-11,13-14H,12H2,1-4H3,(H,27,29)(H,28,30). The largest absolute Gasteiger partial charge is 0.497 e. The second kappa shape index (κ2) is 9.30. The zero-order valence-corrected chi connectivity index (χ0v) is 19.3. The first-order chi connectivity index (χ1) is 16.3. The number of methoxy groups -OCH3 is 2. The first kappa shape index (κ1) is 22.9. The van der Waals surface area contributed by atoms with Gasteiger partial charge in [-0.05, 0) is 44.2 Å². The molecular weight excluding hydrogens is 438 g/mol. The molecule has 0 aliphatic rings. The number of hydrogen-bond acceptors (Lipinski definition) is 7. The third-order valence-corrected chi connectivity index (χ3v) is 5.21. The van der Waals surface area contributed by atoms with Crippen molar-refractivity contribution in [3.63, 3.8) is 0 Å². The molecule has 0 radical (unpaired) electrons. The number of furan rings is 1. The van der Waals surface area contributed by atoms with Crippen molar-refractivity contribution in [3.05, 3.63) is 60.8 Å². The van der Waals surface area contributed by atoms with Crippen molar-refractivity contribution in [1.82, 2.24) is 10.3 Å². The Bertz CT molecular complexity index is 1320. The van der Waals surface area contributed by atoms with Gasteiger partial charge >= 0.3 is 11.8 Å². The molecule has 0 unspecified atom stereocenters. The first-order valence-corrected chi connectivity index (χ1v) is 10.5. The summed E-state index contributed by atoms with van der Waals surface area (Å²) >= 11 is 0. The van der Waals surface area contributed by atoms with Crippen LogP contribution in [0.4, 0.5) is 5.69 Å². The number of anilines is 1. The molecule has 0 bridgehead atoms. The van der Waals surface area contributed by atoms with Gasteiger partial charge in [-0.2, -0.15) is 0 Å². The van der Waals surface area contributed by atoms with Crippen LogP contribution < -0.4 is 20.1 Å². The lowest BCUT2D eigenvalue weighted by molar-refractivity contribution is -0.137. The van der Waals surface area contributed by atoms with Crippen LogP contribution in [0.5, 0.6) is 11.5 Å². The van der Waals surface area contributed by atoms with Crippen molar-refractivity contribution in [2.75, 3.05) is 19.5 Å². The Kier molecular flexibility index (Phi) is 6.27. The second-order valence-corrected chi connectivity index (χ2v) is 8.37. The summed E-state index contributed by atoms with van der Waals surface area (Å²) in [6.07, 6.45) is 3.27. The topological polar surface area (TPSA) is 116 Å². The van der Waals surface area contributed by atoms with Crippen molar-refractivity contribution in [1.29, 1.82) is 0 Å². The van der Waals surface area contributed by atoms with Crippen molar-refractivity contribution in [2.24, 2.45) is 0 Å². The smallest absolute Gasteiger partial charge is 0.313 e. The number of hydrogen-bond donors (Lipinski definition) is 2. The fourth-order valence-electron chi connectivity index (χ4n) is 3.63. The minimum absolute atomic E-state index is 0.392. The molecule has 2 aromatic carbocycles. The van der Waals surface area contributed by atoms with Crippen LogP contribution in [0.1, 0.15) is 19.6 Å². The van der Waals surface area contributed by atoms with E-state index in [1.165, 1.54) is 13.5 Å². The van der Waals surface area contributed by atoms with Crippen LogP contribution in [-0.2, 0) is 16.0 Å². The number of carbonyl (C=O) groups is 2. The molecule has 4 aromatic rings. The van der Waals surface area contributed by atoms with Crippen molar-refractivity contribution >= 4 is 28.5 Å². The molecule has 2 amide bonds. The van der Waals surface area contributed by atoms with E-state index >= 15 is 0 Å². The van der Waals surface area contributed by atoms with Gasteiger partial charge in [0.05, 0.1) is 26.0 Å². The molecule has 0 aliphatic carbocycles. The molecular formula is C25H25N3O6. The number of aromatic nitrogens is 1. The highest BCUT2D eigenvalue weighted by molar-refractivity contribution is 6.39. The Morgan fingerprint density at radius 3 is 2.56 bits per heavy atom. The Hall–Kier alpha value is -4.27. The molecule has 176 valence electrons. The van der Waals surface area contributed by atoms with E-state index in [0.29, 0.717) is 46.3 Å². The maximum atomic E-state index is 12.6. The Morgan fingerprint density at radius 2 is 1.85 bits per heavy atom. The summed E-state index contributed by atoms with van der Waals surface area (Å²) in [5.74, 6) is 0.817. The SMILES string of the molecule is COc1ccc2cc(CC(C)(C)NC(=O)C(=O)Nc3ccc(-c4cnco4)c(OC)c3)oc2c1. The molecule has 0 saturated heterocycles. The van der Waals surface area contributed by atoms with Crippen LogP contribution in [0.25, 0.3) is 22.3 Å². The number of carbonyl (C=O) groups excluding carboxylic acids is 2. The van der Waals surface area contributed by atoms with Crippen molar-refractivity contribution in [3.8, 4) is 22.8 Å². The zero-order valence-electron chi connectivity index (χ0n) is 19.3. The number of nitrogens with one attached hydrogen (secondary N) is 2. The van der Waals surface area contributed by atoms with Crippen molar-refractivity contribution in [2.45, 2.75) is 25.8 Å². The monoisotopic (exact) mass is 463 g/mol. The van der Waals surface area contributed by atoms with Gasteiger partial charge in [-0.3, -0.25) is 9.59 Å². The van der Waals surface area contributed by atoms with Gasteiger partial charge in [0.2, 0.25) is 0 Å².